The van der Waals surface area contributed by atoms with Crippen molar-refractivity contribution < 1.29 is 9.90 Å². The maximum absolute atomic E-state index is 12.0. The molecule has 1 amide bonds. The molecule has 0 aromatic carbocycles. The second kappa shape index (κ2) is 4.88. The molecule has 2 unspecified atom stereocenters. The molecule has 1 fully saturated rings. The molecule has 2 rings (SSSR count). The SMILES string of the molecule is CN(C(=O)c1cnsn1)C1CCCCC1O. The third-order valence-electron chi connectivity index (χ3n) is 3.09. The minimum absolute atomic E-state index is 0.0806. The lowest BCUT2D eigenvalue weighted by molar-refractivity contribution is 0.0265. The van der Waals surface area contributed by atoms with E-state index >= 15 is 0 Å². The average Bonchev–Trinajstić information content (AvgIpc) is 2.81. The number of hydrogen-bond acceptors (Lipinski definition) is 5. The van der Waals surface area contributed by atoms with Crippen LogP contribution >= 0.6 is 11.7 Å². The first-order valence-corrected chi connectivity index (χ1v) is 6.16. The Morgan fingerprint density at radius 3 is 2.94 bits per heavy atom. The molecule has 1 saturated carbocycles. The maximum Gasteiger partial charge on any atom is 0.275 e. The van der Waals surface area contributed by atoms with Crippen LogP contribution in [0.25, 0.3) is 0 Å². The quantitative estimate of drug-likeness (QED) is 0.836. The number of aliphatic hydroxyl groups excluding tert-OH is 1. The van der Waals surface area contributed by atoms with Crippen molar-refractivity contribution >= 4 is 17.6 Å². The highest BCUT2D eigenvalue weighted by Gasteiger charge is 2.30. The van der Waals surface area contributed by atoms with Gasteiger partial charge < -0.3 is 10.0 Å². The summed E-state index contributed by atoms with van der Waals surface area (Å²) in [5.41, 5.74) is 0.366. The molecule has 1 aliphatic rings. The van der Waals surface area contributed by atoms with Gasteiger partial charge >= 0.3 is 0 Å². The fourth-order valence-corrected chi connectivity index (χ4v) is 2.54. The number of nitrogens with zero attached hydrogens (tertiary/aromatic N) is 3. The lowest BCUT2D eigenvalue weighted by atomic mass is 9.91. The Morgan fingerprint density at radius 2 is 2.31 bits per heavy atom. The lowest BCUT2D eigenvalue weighted by Crippen LogP contribution is -2.46. The van der Waals surface area contributed by atoms with Crippen LogP contribution in [0.5, 0.6) is 0 Å². The zero-order chi connectivity index (χ0) is 11.5. The van der Waals surface area contributed by atoms with Gasteiger partial charge in [0, 0.05) is 7.05 Å². The Labute approximate surface area is 98.4 Å². The second-order valence-electron chi connectivity index (χ2n) is 4.13. The zero-order valence-electron chi connectivity index (χ0n) is 9.17. The molecule has 1 aliphatic carbocycles. The van der Waals surface area contributed by atoms with Crippen molar-refractivity contribution in [2.24, 2.45) is 0 Å². The van der Waals surface area contributed by atoms with Gasteiger partial charge in [-0.15, -0.1) is 0 Å². The van der Waals surface area contributed by atoms with E-state index in [0.717, 1.165) is 37.4 Å². The van der Waals surface area contributed by atoms with E-state index in [4.69, 9.17) is 0 Å². The lowest BCUT2D eigenvalue weighted by Gasteiger charge is -2.34. The summed E-state index contributed by atoms with van der Waals surface area (Å²) in [6, 6.07) is -0.0806. The van der Waals surface area contributed by atoms with Crippen molar-refractivity contribution in [3.05, 3.63) is 11.9 Å². The molecule has 2 atom stereocenters. The maximum atomic E-state index is 12.0. The summed E-state index contributed by atoms with van der Waals surface area (Å²) in [6.45, 7) is 0. The molecular weight excluding hydrogens is 226 g/mol. The first-order valence-electron chi connectivity index (χ1n) is 5.43. The molecule has 1 heterocycles. The molecule has 16 heavy (non-hydrogen) atoms. The van der Waals surface area contributed by atoms with Gasteiger partial charge in [0.1, 0.15) is 0 Å². The van der Waals surface area contributed by atoms with E-state index < -0.39 is 6.10 Å². The first-order chi connectivity index (χ1) is 7.70. The van der Waals surface area contributed by atoms with E-state index in [2.05, 4.69) is 8.75 Å². The summed E-state index contributed by atoms with van der Waals surface area (Å²) in [5, 5.41) is 9.86. The van der Waals surface area contributed by atoms with Gasteiger partial charge in [0.25, 0.3) is 5.91 Å². The number of carbonyl (C=O) groups excluding carboxylic acids is 1. The average molecular weight is 241 g/mol. The molecule has 88 valence electrons. The first kappa shape index (κ1) is 11.5. The zero-order valence-corrected chi connectivity index (χ0v) is 9.98. The number of amides is 1. The van der Waals surface area contributed by atoms with Crippen molar-refractivity contribution in [3.8, 4) is 0 Å². The van der Waals surface area contributed by atoms with Crippen LogP contribution in [0.3, 0.4) is 0 Å². The van der Waals surface area contributed by atoms with Crippen molar-refractivity contribution in [2.45, 2.75) is 37.8 Å². The van der Waals surface area contributed by atoms with E-state index in [9.17, 15) is 9.90 Å². The normalized spacial score (nSPS) is 25.4. The van der Waals surface area contributed by atoms with Gasteiger partial charge in [0.05, 0.1) is 30.1 Å². The largest absolute Gasteiger partial charge is 0.391 e. The highest BCUT2D eigenvalue weighted by molar-refractivity contribution is 6.99. The Morgan fingerprint density at radius 1 is 1.56 bits per heavy atom. The fraction of sp³-hybridized carbons (Fsp3) is 0.700. The van der Waals surface area contributed by atoms with Gasteiger partial charge in [-0.3, -0.25) is 4.79 Å². The van der Waals surface area contributed by atoms with E-state index in [1.165, 1.54) is 6.20 Å². The van der Waals surface area contributed by atoms with Crippen LogP contribution in [0.1, 0.15) is 36.2 Å². The molecule has 0 spiro atoms. The van der Waals surface area contributed by atoms with Crippen LogP contribution < -0.4 is 0 Å². The third kappa shape index (κ3) is 2.22. The van der Waals surface area contributed by atoms with Gasteiger partial charge in [-0.05, 0) is 12.8 Å². The minimum atomic E-state index is -0.408. The van der Waals surface area contributed by atoms with Crippen molar-refractivity contribution in [1.82, 2.24) is 13.6 Å². The van der Waals surface area contributed by atoms with Gasteiger partial charge in [-0.1, -0.05) is 12.8 Å². The van der Waals surface area contributed by atoms with Crippen LogP contribution in [-0.4, -0.2) is 43.9 Å². The Bertz CT molecular complexity index is 355. The monoisotopic (exact) mass is 241 g/mol. The van der Waals surface area contributed by atoms with Crippen LogP contribution in [0, 0.1) is 0 Å². The van der Waals surface area contributed by atoms with E-state index in [0.29, 0.717) is 5.69 Å². The Hall–Kier alpha value is -1.01. The number of aromatic nitrogens is 2. The number of likely N-dealkylation sites (N-methyl/N-ethyl adjacent to an activating group) is 1. The predicted molar refractivity (Wildman–Crippen MR) is 60.3 cm³/mol. The number of aliphatic hydroxyl groups is 1. The Balaban J connectivity index is 2.06. The summed E-state index contributed by atoms with van der Waals surface area (Å²) < 4.78 is 7.73. The summed E-state index contributed by atoms with van der Waals surface area (Å²) >= 11 is 1.02. The highest BCUT2D eigenvalue weighted by atomic mass is 32.1. The molecule has 1 N–H and O–H groups in total. The molecule has 0 radical (unpaired) electrons. The highest BCUT2D eigenvalue weighted by Crippen LogP contribution is 2.23. The van der Waals surface area contributed by atoms with Crippen LogP contribution in [0.4, 0.5) is 0 Å². The van der Waals surface area contributed by atoms with Crippen molar-refractivity contribution in [3.63, 3.8) is 0 Å². The molecular formula is C10H15N3O2S. The van der Waals surface area contributed by atoms with Crippen LogP contribution in [0.2, 0.25) is 0 Å². The van der Waals surface area contributed by atoms with Crippen LogP contribution in [0.15, 0.2) is 6.20 Å². The number of hydrogen-bond donors (Lipinski definition) is 1. The summed E-state index contributed by atoms with van der Waals surface area (Å²) in [5.74, 6) is -0.153. The molecule has 1 aromatic heterocycles. The molecule has 0 saturated heterocycles. The van der Waals surface area contributed by atoms with Crippen LogP contribution in [-0.2, 0) is 0 Å². The minimum Gasteiger partial charge on any atom is -0.391 e. The molecule has 1 aromatic rings. The molecule has 0 bridgehead atoms. The predicted octanol–water partition coefficient (Wildman–Crippen LogP) is 0.914. The smallest absolute Gasteiger partial charge is 0.275 e. The van der Waals surface area contributed by atoms with Gasteiger partial charge in [0.2, 0.25) is 0 Å². The van der Waals surface area contributed by atoms with E-state index in [1.807, 2.05) is 0 Å². The second-order valence-corrected chi connectivity index (χ2v) is 4.68. The molecule has 6 heteroatoms. The summed E-state index contributed by atoms with van der Waals surface area (Å²) in [7, 11) is 1.72. The van der Waals surface area contributed by atoms with Crippen molar-refractivity contribution in [1.29, 1.82) is 0 Å². The van der Waals surface area contributed by atoms with E-state index in [1.54, 1.807) is 11.9 Å². The van der Waals surface area contributed by atoms with Gasteiger partial charge in [0.15, 0.2) is 5.69 Å². The van der Waals surface area contributed by atoms with Gasteiger partial charge in [-0.2, -0.15) is 8.75 Å². The molecule has 0 aliphatic heterocycles. The fourth-order valence-electron chi connectivity index (χ4n) is 2.13. The topological polar surface area (TPSA) is 66.3 Å². The standard InChI is InChI=1S/C10H15N3O2S/c1-13(8-4-2-3-5-9(8)14)10(15)7-6-11-16-12-7/h6,8-9,14H,2-5H2,1H3. The molecule has 5 nitrogen and oxygen atoms in total. The summed E-state index contributed by atoms with van der Waals surface area (Å²) in [4.78, 5) is 13.6. The Kier molecular flexibility index (Phi) is 3.50. The third-order valence-corrected chi connectivity index (χ3v) is 3.57. The van der Waals surface area contributed by atoms with Gasteiger partial charge in [-0.25, -0.2) is 0 Å². The van der Waals surface area contributed by atoms with Crippen molar-refractivity contribution in [2.75, 3.05) is 7.05 Å². The van der Waals surface area contributed by atoms with E-state index in [-0.39, 0.29) is 11.9 Å². The number of carbonyl (C=O) groups is 1. The summed E-state index contributed by atoms with van der Waals surface area (Å²) in [6.07, 6.45) is 4.80. The number of rotatable bonds is 2.